The van der Waals surface area contributed by atoms with E-state index in [1.807, 2.05) is 12.1 Å². The van der Waals surface area contributed by atoms with Gasteiger partial charge in [-0.2, -0.15) is 0 Å². The van der Waals surface area contributed by atoms with E-state index in [0.717, 1.165) is 37.7 Å². The molecule has 0 aliphatic carbocycles. The third-order valence-corrected chi connectivity index (χ3v) is 4.41. The molecule has 1 heterocycles. The van der Waals surface area contributed by atoms with Crippen LogP contribution in [0.3, 0.4) is 0 Å². The maximum atomic E-state index is 13.7. The first-order chi connectivity index (χ1) is 9.70. The minimum atomic E-state index is -0.0763. The van der Waals surface area contributed by atoms with Crippen LogP contribution < -0.4 is 5.32 Å². The van der Waals surface area contributed by atoms with E-state index in [4.69, 9.17) is 0 Å². The lowest BCUT2D eigenvalue weighted by atomic mass is 9.90. The normalized spacial score (nSPS) is 19.1. The van der Waals surface area contributed by atoms with Crippen molar-refractivity contribution in [3.8, 4) is 0 Å². The monoisotopic (exact) mass is 278 g/mol. The van der Waals surface area contributed by atoms with Gasteiger partial charge in [-0.3, -0.25) is 4.90 Å². The highest BCUT2D eigenvalue weighted by molar-refractivity contribution is 5.17. The highest BCUT2D eigenvalue weighted by Gasteiger charge is 2.23. The van der Waals surface area contributed by atoms with Crippen LogP contribution in [0.1, 0.15) is 38.7 Å². The van der Waals surface area contributed by atoms with E-state index in [1.54, 1.807) is 12.1 Å². The summed E-state index contributed by atoms with van der Waals surface area (Å²) in [5.41, 5.74) is 0.822. The van der Waals surface area contributed by atoms with Gasteiger partial charge in [-0.1, -0.05) is 25.1 Å². The van der Waals surface area contributed by atoms with Crippen LogP contribution in [0.5, 0.6) is 0 Å². The minimum Gasteiger partial charge on any atom is -0.314 e. The minimum absolute atomic E-state index is 0.0763. The van der Waals surface area contributed by atoms with Crippen molar-refractivity contribution in [2.75, 3.05) is 19.6 Å². The second-order valence-electron chi connectivity index (χ2n) is 5.95. The highest BCUT2D eigenvalue weighted by atomic mass is 19.1. The van der Waals surface area contributed by atoms with Crippen LogP contribution in [0.25, 0.3) is 0 Å². The molecule has 0 bridgehead atoms. The summed E-state index contributed by atoms with van der Waals surface area (Å²) in [5.74, 6) is 0.686. The SMILES string of the molecule is CCCNC(C)C1CCN(Cc2ccccc2F)CC1. The fourth-order valence-corrected chi connectivity index (χ4v) is 3.02. The van der Waals surface area contributed by atoms with Crippen molar-refractivity contribution in [1.82, 2.24) is 10.2 Å². The van der Waals surface area contributed by atoms with Crippen molar-refractivity contribution < 1.29 is 4.39 Å². The number of hydrogen-bond donors (Lipinski definition) is 1. The lowest BCUT2D eigenvalue weighted by Gasteiger charge is -2.35. The zero-order chi connectivity index (χ0) is 14.4. The standard InChI is InChI=1S/C17H27FN2/c1-3-10-19-14(2)15-8-11-20(12-9-15)13-16-6-4-5-7-17(16)18/h4-7,14-15,19H,3,8-13H2,1-2H3. The molecule has 1 aliphatic heterocycles. The second-order valence-corrected chi connectivity index (χ2v) is 5.95. The Morgan fingerprint density at radius 3 is 2.65 bits per heavy atom. The largest absolute Gasteiger partial charge is 0.314 e. The molecule has 1 aromatic rings. The van der Waals surface area contributed by atoms with Gasteiger partial charge in [0.2, 0.25) is 0 Å². The molecule has 1 aromatic carbocycles. The van der Waals surface area contributed by atoms with Gasteiger partial charge in [-0.15, -0.1) is 0 Å². The van der Waals surface area contributed by atoms with Gasteiger partial charge in [0.05, 0.1) is 0 Å². The molecule has 2 nitrogen and oxygen atoms in total. The molecule has 1 N–H and O–H groups in total. The number of benzene rings is 1. The quantitative estimate of drug-likeness (QED) is 0.857. The van der Waals surface area contributed by atoms with Crippen LogP contribution in [-0.4, -0.2) is 30.6 Å². The molecule has 20 heavy (non-hydrogen) atoms. The van der Waals surface area contributed by atoms with E-state index in [-0.39, 0.29) is 5.82 Å². The first-order valence-electron chi connectivity index (χ1n) is 7.90. The molecule has 1 unspecified atom stereocenters. The maximum absolute atomic E-state index is 13.7. The number of hydrogen-bond acceptors (Lipinski definition) is 2. The zero-order valence-electron chi connectivity index (χ0n) is 12.7. The first-order valence-corrected chi connectivity index (χ1v) is 7.90. The Labute approximate surface area is 122 Å². The molecule has 0 radical (unpaired) electrons. The Morgan fingerprint density at radius 2 is 2.00 bits per heavy atom. The molecule has 0 saturated carbocycles. The summed E-state index contributed by atoms with van der Waals surface area (Å²) in [6.45, 7) is 8.52. The Kier molecular flexibility index (Phi) is 5.99. The van der Waals surface area contributed by atoms with Crippen LogP contribution in [0.4, 0.5) is 4.39 Å². The average molecular weight is 278 g/mol. The van der Waals surface area contributed by atoms with Crippen molar-refractivity contribution in [2.24, 2.45) is 5.92 Å². The predicted molar refractivity (Wildman–Crippen MR) is 82.2 cm³/mol. The molecule has 1 saturated heterocycles. The number of nitrogens with zero attached hydrogens (tertiary/aromatic N) is 1. The molecule has 1 fully saturated rings. The number of rotatable bonds is 6. The van der Waals surface area contributed by atoms with Crippen LogP contribution in [-0.2, 0) is 6.54 Å². The van der Waals surface area contributed by atoms with Gasteiger partial charge >= 0.3 is 0 Å². The predicted octanol–water partition coefficient (Wildman–Crippen LogP) is 3.43. The summed E-state index contributed by atoms with van der Waals surface area (Å²) in [6.07, 6.45) is 3.62. The second kappa shape index (κ2) is 7.75. The molecule has 1 atom stereocenters. The number of piperidine rings is 1. The molecular weight excluding hydrogens is 251 g/mol. The molecule has 3 heteroatoms. The molecule has 0 spiro atoms. The third-order valence-electron chi connectivity index (χ3n) is 4.41. The van der Waals surface area contributed by atoms with Gasteiger partial charge in [0.15, 0.2) is 0 Å². The molecule has 0 amide bonds. The molecule has 0 aromatic heterocycles. The lowest BCUT2D eigenvalue weighted by Crippen LogP contribution is -2.42. The van der Waals surface area contributed by atoms with E-state index in [0.29, 0.717) is 6.04 Å². The van der Waals surface area contributed by atoms with Gasteiger partial charge in [0.25, 0.3) is 0 Å². The molecule has 112 valence electrons. The smallest absolute Gasteiger partial charge is 0.127 e. The summed E-state index contributed by atoms with van der Waals surface area (Å²) >= 11 is 0. The summed E-state index contributed by atoms with van der Waals surface area (Å²) in [6, 6.07) is 7.73. The van der Waals surface area contributed by atoms with E-state index < -0.39 is 0 Å². The van der Waals surface area contributed by atoms with E-state index >= 15 is 0 Å². The lowest BCUT2D eigenvalue weighted by molar-refractivity contribution is 0.155. The summed E-state index contributed by atoms with van der Waals surface area (Å²) < 4.78 is 13.7. The van der Waals surface area contributed by atoms with Crippen molar-refractivity contribution in [2.45, 2.75) is 45.7 Å². The van der Waals surface area contributed by atoms with Gasteiger partial charge in [-0.05, 0) is 57.8 Å². The van der Waals surface area contributed by atoms with Gasteiger partial charge in [0, 0.05) is 18.2 Å². The van der Waals surface area contributed by atoms with Crippen LogP contribution in [0.15, 0.2) is 24.3 Å². The van der Waals surface area contributed by atoms with E-state index in [1.165, 1.54) is 19.3 Å². The highest BCUT2D eigenvalue weighted by Crippen LogP contribution is 2.22. The summed E-state index contributed by atoms with van der Waals surface area (Å²) in [5, 5.41) is 3.60. The first kappa shape index (κ1) is 15.5. The number of halogens is 1. The fourth-order valence-electron chi connectivity index (χ4n) is 3.02. The Hall–Kier alpha value is -0.930. The topological polar surface area (TPSA) is 15.3 Å². The van der Waals surface area contributed by atoms with Crippen LogP contribution >= 0.6 is 0 Å². The van der Waals surface area contributed by atoms with Crippen molar-refractivity contribution in [3.63, 3.8) is 0 Å². The Bertz CT molecular complexity index is 400. The number of likely N-dealkylation sites (tertiary alicyclic amines) is 1. The maximum Gasteiger partial charge on any atom is 0.127 e. The zero-order valence-corrected chi connectivity index (χ0v) is 12.7. The van der Waals surface area contributed by atoms with Crippen LogP contribution in [0.2, 0.25) is 0 Å². The van der Waals surface area contributed by atoms with Gasteiger partial charge < -0.3 is 5.32 Å². The van der Waals surface area contributed by atoms with Crippen LogP contribution in [0, 0.1) is 11.7 Å². The van der Waals surface area contributed by atoms with Crippen molar-refractivity contribution >= 4 is 0 Å². The van der Waals surface area contributed by atoms with Gasteiger partial charge in [0.1, 0.15) is 5.82 Å². The van der Waals surface area contributed by atoms with E-state index in [2.05, 4.69) is 24.1 Å². The Balaban J connectivity index is 1.78. The fraction of sp³-hybridized carbons (Fsp3) is 0.647. The third kappa shape index (κ3) is 4.29. The number of nitrogens with one attached hydrogen (secondary N) is 1. The molecule has 1 aliphatic rings. The van der Waals surface area contributed by atoms with Crippen molar-refractivity contribution in [1.29, 1.82) is 0 Å². The summed E-state index contributed by atoms with van der Waals surface area (Å²) in [7, 11) is 0. The summed E-state index contributed by atoms with van der Waals surface area (Å²) in [4.78, 5) is 2.38. The van der Waals surface area contributed by atoms with Gasteiger partial charge in [-0.25, -0.2) is 4.39 Å². The Morgan fingerprint density at radius 1 is 1.30 bits per heavy atom. The van der Waals surface area contributed by atoms with Crippen molar-refractivity contribution in [3.05, 3.63) is 35.6 Å². The van der Waals surface area contributed by atoms with E-state index in [9.17, 15) is 4.39 Å². The molecular formula is C17H27FN2. The average Bonchev–Trinajstić information content (AvgIpc) is 2.48. The molecule has 2 rings (SSSR count).